The fourth-order valence-electron chi connectivity index (χ4n) is 8.94. The van der Waals surface area contributed by atoms with E-state index in [9.17, 15) is 14.7 Å². The van der Waals surface area contributed by atoms with Gasteiger partial charge in [-0.1, -0.05) is 84.0 Å². The predicted molar refractivity (Wildman–Crippen MR) is 196 cm³/mol. The van der Waals surface area contributed by atoms with Crippen LogP contribution in [0.1, 0.15) is 83.7 Å². The van der Waals surface area contributed by atoms with Crippen molar-refractivity contribution in [3.05, 3.63) is 71.8 Å². The number of hydrogen-bond acceptors (Lipinski definition) is 6. The number of carbonyl (C=O) groups excluding carboxylic acids is 2. The van der Waals surface area contributed by atoms with E-state index in [-0.39, 0.29) is 41.8 Å². The first-order valence-electron chi connectivity index (χ1n) is 18.1. The Balaban J connectivity index is 1.33. The monoisotopic (exact) mass is 672 g/mol. The fraction of sp³-hybridized carbons (Fsp3) is 0.610. The zero-order chi connectivity index (χ0) is 35.8. The molecule has 49 heavy (non-hydrogen) atoms. The first-order chi connectivity index (χ1) is 23.0. The van der Waals surface area contributed by atoms with Crippen LogP contribution in [0.2, 0.25) is 0 Å². The lowest BCUT2D eigenvalue weighted by atomic mass is 9.45. The van der Waals surface area contributed by atoms with Crippen LogP contribution in [0.25, 0.3) is 11.1 Å². The summed E-state index contributed by atoms with van der Waals surface area (Å²) >= 11 is 0. The van der Waals surface area contributed by atoms with Crippen LogP contribution in [0.4, 0.5) is 0 Å². The summed E-state index contributed by atoms with van der Waals surface area (Å²) in [5, 5.41) is 18.7. The first kappa shape index (κ1) is 37.2. The zero-order valence-corrected chi connectivity index (χ0v) is 31.3. The van der Waals surface area contributed by atoms with E-state index >= 15 is 0 Å². The molecular weight excluding hydrogens is 612 g/mol. The Morgan fingerprint density at radius 2 is 1.78 bits per heavy atom. The number of carbonyl (C=O) groups is 2. The number of nitrogens with one attached hydrogen (secondary N) is 2. The van der Waals surface area contributed by atoms with E-state index in [4.69, 9.17) is 4.84 Å². The molecule has 2 amide bonds. The quantitative estimate of drug-likeness (QED) is 0.229. The van der Waals surface area contributed by atoms with Crippen molar-refractivity contribution < 1.29 is 19.5 Å². The molecule has 4 fully saturated rings. The molecule has 1 heterocycles. The third kappa shape index (κ3) is 8.30. The van der Waals surface area contributed by atoms with Crippen LogP contribution in [-0.2, 0) is 16.2 Å². The van der Waals surface area contributed by atoms with Gasteiger partial charge in [-0.25, -0.2) is 0 Å². The van der Waals surface area contributed by atoms with Crippen molar-refractivity contribution in [1.82, 2.24) is 20.6 Å². The van der Waals surface area contributed by atoms with Gasteiger partial charge in [-0.15, -0.1) is 0 Å². The summed E-state index contributed by atoms with van der Waals surface area (Å²) < 4.78 is 0. The summed E-state index contributed by atoms with van der Waals surface area (Å²) in [6.45, 7) is 20.6. The fourth-order valence-corrected chi connectivity index (χ4v) is 8.94. The molecule has 2 aromatic rings. The van der Waals surface area contributed by atoms with Crippen LogP contribution < -0.4 is 10.6 Å². The lowest BCUT2D eigenvalue weighted by molar-refractivity contribution is -0.183. The second-order valence-corrected chi connectivity index (χ2v) is 17.3. The standard InChI is InChI=1S/C41H60N4O4/c1-25(2)36-35(24-46)49-45(37(36)39(48)43-34-20-31-19-33(26(34)3)41(31,7)8)22-27-13-11-14-28(17-27)29-15-12-16-30(18-29)38(47)42-32(23-44(9)10)21-40(4,5)6/h11-18,26,31-37,46H,1,19-24H2,2-10H3,(H,42,47)(H,43,48)/t26-,31+,32-,33-,34-,35-,36+,37-/m0/s1. The summed E-state index contributed by atoms with van der Waals surface area (Å²) in [6.07, 6.45) is 2.57. The Hall–Kier alpha value is -3.04. The van der Waals surface area contributed by atoms with E-state index in [1.165, 1.54) is 6.42 Å². The number of likely N-dealkylation sites (N-methyl/N-ethyl adjacent to an activating group) is 1. The average molecular weight is 673 g/mol. The van der Waals surface area contributed by atoms with Crippen LogP contribution in [0, 0.1) is 34.5 Å². The molecule has 6 rings (SSSR count). The number of fused-ring (bicyclic) bond motifs is 2. The van der Waals surface area contributed by atoms with Crippen LogP contribution in [0.3, 0.4) is 0 Å². The summed E-state index contributed by atoms with van der Waals surface area (Å²) in [5.74, 6) is 1.18. The van der Waals surface area contributed by atoms with E-state index in [2.05, 4.69) is 69.7 Å². The highest BCUT2D eigenvalue weighted by atomic mass is 16.7. The van der Waals surface area contributed by atoms with Crippen molar-refractivity contribution in [2.24, 2.45) is 34.5 Å². The van der Waals surface area contributed by atoms with Crippen molar-refractivity contribution in [3.8, 4) is 11.1 Å². The summed E-state index contributed by atoms with van der Waals surface area (Å²) in [7, 11) is 4.05. The van der Waals surface area contributed by atoms with Gasteiger partial charge in [0.1, 0.15) is 12.1 Å². The molecule has 2 aromatic carbocycles. The highest BCUT2D eigenvalue weighted by Crippen LogP contribution is 2.61. The predicted octanol–water partition coefficient (Wildman–Crippen LogP) is 6.31. The molecule has 3 aliphatic carbocycles. The Labute approximate surface area is 294 Å². The van der Waals surface area contributed by atoms with Crippen LogP contribution in [0.15, 0.2) is 60.7 Å². The SMILES string of the molecule is C=C(C)[C@@H]1[C@H](CO)ON(Cc2cccc(-c3cccc(C(=O)N[C@H](CN(C)C)CC(C)(C)C)c3)c2)[C@@H]1C(=O)N[C@H]1C[C@H]2C[C@@H]([C@@H]1C)C2(C)C. The molecule has 268 valence electrons. The van der Waals surface area contributed by atoms with Gasteiger partial charge in [0.2, 0.25) is 5.91 Å². The van der Waals surface area contributed by atoms with Gasteiger partial charge in [-0.2, -0.15) is 5.06 Å². The van der Waals surface area contributed by atoms with Crippen molar-refractivity contribution >= 4 is 11.8 Å². The minimum absolute atomic E-state index is 0.0322. The molecule has 1 aliphatic heterocycles. The Morgan fingerprint density at radius 3 is 2.37 bits per heavy atom. The maximum atomic E-state index is 14.1. The summed E-state index contributed by atoms with van der Waals surface area (Å²) in [6, 6.07) is 15.4. The molecule has 8 atom stereocenters. The number of aliphatic hydroxyl groups excluding tert-OH is 1. The molecule has 1 saturated heterocycles. The van der Waals surface area contributed by atoms with Crippen LogP contribution in [0.5, 0.6) is 0 Å². The van der Waals surface area contributed by atoms with Gasteiger partial charge < -0.3 is 20.6 Å². The van der Waals surface area contributed by atoms with Crippen LogP contribution in [-0.4, -0.2) is 78.4 Å². The number of benzene rings is 2. The van der Waals surface area contributed by atoms with E-state index in [1.54, 1.807) is 5.06 Å². The Kier molecular flexibility index (Phi) is 11.1. The number of amides is 2. The topological polar surface area (TPSA) is 94.1 Å². The molecular formula is C41H60N4O4. The van der Waals surface area contributed by atoms with Crippen LogP contribution >= 0.6 is 0 Å². The smallest absolute Gasteiger partial charge is 0.251 e. The Morgan fingerprint density at radius 1 is 1.10 bits per heavy atom. The minimum Gasteiger partial charge on any atom is -0.394 e. The minimum atomic E-state index is -0.605. The van der Waals surface area contributed by atoms with Gasteiger partial charge in [-0.05, 0) is 104 Å². The maximum Gasteiger partial charge on any atom is 0.251 e. The van der Waals surface area contributed by atoms with E-state index in [0.29, 0.717) is 35.3 Å². The normalized spacial score (nSPS) is 28.5. The number of hydrogen-bond donors (Lipinski definition) is 3. The van der Waals surface area contributed by atoms with Crippen molar-refractivity contribution in [2.75, 3.05) is 27.2 Å². The van der Waals surface area contributed by atoms with Crippen molar-refractivity contribution in [1.29, 1.82) is 0 Å². The molecule has 0 unspecified atom stereocenters. The number of nitrogens with zero attached hydrogens (tertiary/aromatic N) is 2. The molecule has 3 saturated carbocycles. The van der Waals surface area contributed by atoms with Gasteiger partial charge in [0.25, 0.3) is 5.91 Å². The number of hydroxylamine groups is 2. The van der Waals surface area contributed by atoms with Gasteiger partial charge in [0, 0.05) is 30.1 Å². The molecule has 0 spiro atoms. The highest BCUT2D eigenvalue weighted by molar-refractivity contribution is 5.95. The third-order valence-corrected chi connectivity index (χ3v) is 11.5. The van der Waals surface area contributed by atoms with Gasteiger partial charge >= 0.3 is 0 Å². The molecule has 8 heteroatoms. The largest absolute Gasteiger partial charge is 0.394 e. The summed E-state index contributed by atoms with van der Waals surface area (Å²) in [4.78, 5) is 36.0. The lowest BCUT2D eigenvalue weighted by Crippen LogP contribution is -2.62. The van der Waals surface area contributed by atoms with Gasteiger partial charge in [0.15, 0.2) is 0 Å². The average Bonchev–Trinajstić information content (AvgIpc) is 3.39. The Bertz CT molecular complexity index is 1510. The molecule has 0 radical (unpaired) electrons. The molecule has 0 aromatic heterocycles. The number of rotatable bonds is 12. The van der Waals surface area contributed by atoms with E-state index < -0.39 is 12.1 Å². The molecule has 2 bridgehead atoms. The maximum absolute atomic E-state index is 14.1. The molecule has 4 aliphatic rings. The van der Waals surface area contributed by atoms with Gasteiger partial charge in [-0.3, -0.25) is 14.4 Å². The number of aliphatic hydroxyl groups is 1. The van der Waals surface area contributed by atoms with Crippen molar-refractivity contribution in [2.45, 2.75) is 98.5 Å². The molecule has 8 nitrogen and oxygen atoms in total. The summed E-state index contributed by atoms with van der Waals surface area (Å²) in [5.41, 5.74) is 4.74. The first-order valence-corrected chi connectivity index (χ1v) is 18.1. The lowest BCUT2D eigenvalue weighted by Gasteiger charge is -2.62. The third-order valence-electron chi connectivity index (χ3n) is 11.5. The van der Waals surface area contributed by atoms with E-state index in [0.717, 1.165) is 41.6 Å². The second-order valence-electron chi connectivity index (χ2n) is 17.3. The zero-order valence-electron chi connectivity index (χ0n) is 31.3. The van der Waals surface area contributed by atoms with Gasteiger partial charge in [0.05, 0.1) is 13.2 Å². The second kappa shape index (κ2) is 14.7. The molecule has 3 N–H and O–H groups in total. The highest BCUT2D eigenvalue weighted by Gasteiger charge is 2.57. The van der Waals surface area contributed by atoms with Crippen molar-refractivity contribution in [3.63, 3.8) is 0 Å². The van der Waals surface area contributed by atoms with E-state index in [1.807, 2.05) is 63.5 Å².